The van der Waals surface area contributed by atoms with Crippen molar-refractivity contribution in [2.75, 3.05) is 4.90 Å². The van der Waals surface area contributed by atoms with Gasteiger partial charge in [0.2, 0.25) is 11.8 Å². The number of hydrogen-bond acceptors (Lipinski definition) is 4. The molecular formula is C24H18BrNO4. The molecule has 3 fully saturated rings. The van der Waals surface area contributed by atoms with Crippen LogP contribution in [0.25, 0.3) is 0 Å². The molecule has 2 amide bonds. The molecule has 5 nitrogen and oxygen atoms in total. The Balaban J connectivity index is 1.27. The minimum atomic E-state index is -0.491. The van der Waals surface area contributed by atoms with Crippen molar-refractivity contribution in [3.63, 3.8) is 0 Å². The maximum Gasteiger partial charge on any atom is 0.343 e. The fraction of sp³-hybridized carbons (Fsp3) is 0.292. The van der Waals surface area contributed by atoms with Crippen molar-refractivity contribution in [2.45, 2.75) is 6.42 Å². The maximum absolute atomic E-state index is 13.3. The second-order valence-electron chi connectivity index (χ2n) is 8.56. The van der Waals surface area contributed by atoms with Crippen molar-refractivity contribution in [1.29, 1.82) is 0 Å². The SMILES string of the molecule is O=C(Oc1cccc(N2C(=O)[C@@H]3[C@H]4C=C[C@@H]([C@@H]5C[C@H]45)[C@@H]3C2=O)c1)c1ccc(Br)cc1. The van der Waals surface area contributed by atoms with E-state index in [0.717, 1.165) is 10.9 Å². The van der Waals surface area contributed by atoms with Gasteiger partial charge >= 0.3 is 5.97 Å². The predicted octanol–water partition coefficient (Wildman–Crippen LogP) is 4.23. The molecule has 0 radical (unpaired) electrons. The average molecular weight is 464 g/mol. The fourth-order valence-electron chi connectivity index (χ4n) is 5.65. The van der Waals surface area contributed by atoms with Crippen LogP contribution in [0.4, 0.5) is 5.69 Å². The molecule has 6 atom stereocenters. The molecule has 1 saturated heterocycles. The Morgan fingerprint density at radius 2 is 1.57 bits per heavy atom. The predicted molar refractivity (Wildman–Crippen MR) is 113 cm³/mol. The number of imide groups is 1. The van der Waals surface area contributed by atoms with Crippen molar-refractivity contribution >= 4 is 39.4 Å². The summed E-state index contributed by atoms with van der Waals surface area (Å²) in [6, 6.07) is 13.5. The summed E-state index contributed by atoms with van der Waals surface area (Å²) in [5.41, 5.74) is 0.887. The van der Waals surface area contributed by atoms with E-state index in [1.165, 1.54) is 4.90 Å². The molecule has 2 saturated carbocycles. The monoisotopic (exact) mass is 463 g/mol. The summed E-state index contributed by atoms with van der Waals surface area (Å²) in [5, 5.41) is 0. The van der Waals surface area contributed by atoms with E-state index in [1.807, 2.05) is 0 Å². The number of ether oxygens (including phenoxy) is 1. The van der Waals surface area contributed by atoms with Gasteiger partial charge in [-0.2, -0.15) is 0 Å². The molecule has 1 heterocycles. The van der Waals surface area contributed by atoms with Crippen LogP contribution in [0.5, 0.6) is 5.75 Å². The van der Waals surface area contributed by atoms with Gasteiger partial charge in [-0.1, -0.05) is 34.1 Å². The van der Waals surface area contributed by atoms with Gasteiger partial charge in [-0.25, -0.2) is 9.69 Å². The van der Waals surface area contributed by atoms with E-state index in [0.29, 0.717) is 28.8 Å². The van der Waals surface area contributed by atoms with Crippen LogP contribution in [0.3, 0.4) is 0 Å². The highest BCUT2D eigenvalue weighted by Gasteiger charge is 2.67. The van der Waals surface area contributed by atoms with E-state index < -0.39 is 5.97 Å². The Morgan fingerprint density at radius 3 is 2.20 bits per heavy atom. The van der Waals surface area contributed by atoms with Crippen LogP contribution in [-0.2, 0) is 9.59 Å². The number of amides is 2. The zero-order valence-corrected chi connectivity index (χ0v) is 17.5. The molecule has 2 aromatic rings. The van der Waals surface area contributed by atoms with Gasteiger partial charge in [-0.15, -0.1) is 0 Å². The van der Waals surface area contributed by atoms with E-state index in [9.17, 15) is 14.4 Å². The van der Waals surface area contributed by atoms with Gasteiger partial charge in [-0.05, 0) is 66.5 Å². The number of carbonyl (C=O) groups is 3. The first-order valence-corrected chi connectivity index (χ1v) is 11.0. The van der Waals surface area contributed by atoms with Gasteiger partial charge in [0.1, 0.15) is 5.75 Å². The molecule has 7 rings (SSSR count). The highest BCUT2D eigenvalue weighted by molar-refractivity contribution is 9.10. The highest BCUT2D eigenvalue weighted by Crippen LogP contribution is 2.65. The number of rotatable bonds is 3. The molecule has 4 aliphatic carbocycles. The van der Waals surface area contributed by atoms with Crippen molar-refractivity contribution in [3.8, 4) is 5.75 Å². The first-order chi connectivity index (χ1) is 14.5. The lowest BCUT2D eigenvalue weighted by molar-refractivity contribution is -0.124. The van der Waals surface area contributed by atoms with E-state index in [4.69, 9.17) is 4.74 Å². The van der Waals surface area contributed by atoms with Crippen molar-refractivity contribution in [2.24, 2.45) is 35.5 Å². The average Bonchev–Trinajstić information content (AvgIpc) is 3.52. The van der Waals surface area contributed by atoms with Crippen molar-refractivity contribution < 1.29 is 19.1 Å². The van der Waals surface area contributed by atoms with Crippen LogP contribution in [0.1, 0.15) is 16.8 Å². The molecule has 0 spiro atoms. The number of halogens is 1. The number of esters is 1. The molecular weight excluding hydrogens is 446 g/mol. The second kappa shape index (κ2) is 6.38. The zero-order valence-electron chi connectivity index (χ0n) is 15.9. The Kier molecular flexibility index (Phi) is 3.84. The third-order valence-electron chi connectivity index (χ3n) is 7.03. The van der Waals surface area contributed by atoms with Gasteiger partial charge in [0.25, 0.3) is 0 Å². The quantitative estimate of drug-likeness (QED) is 0.295. The summed E-state index contributed by atoms with van der Waals surface area (Å²) in [6.45, 7) is 0. The van der Waals surface area contributed by atoms with Crippen LogP contribution in [0.15, 0.2) is 65.2 Å². The summed E-state index contributed by atoms with van der Waals surface area (Å²) in [5.74, 6) is 0.587. The minimum absolute atomic E-state index is 0.119. The standard InChI is InChI=1S/C24H18BrNO4/c25-13-6-4-12(5-7-13)24(29)30-15-3-1-2-14(10-15)26-22(27)20-16-8-9-17(19-11-18(16)19)21(20)23(26)28/h1-10,16-21H,11H2/t16-,17-,18-,19+,20-,21+/m0/s1. The van der Waals surface area contributed by atoms with Crippen molar-refractivity contribution in [3.05, 3.63) is 70.7 Å². The summed E-state index contributed by atoms with van der Waals surface area (Å²) >= 11 is 3.34. The zero-order chi connectivity index (χ0) is 20.6. The van der Waals surface area contributed by atoms with Gasteiger partial charge in [0.15, 0.2) is 0 Å². The fourth-order valence-corrected chi connectivity index (χ4v) is 5.91. The van der Waals surface area contributed by atoms with Gasteiger partial charge in [0.05, 0.1) is 23.1 Å². The number of carbonyl (C=O) groups excluding carboxylic acids is 3. The van der Waals surface area contributed by atoms with Gasteiger partial charge < -0.3 is 4.74 Å². The summed E-state index contributed by atoms with van der Waals surface area (Å²) < 4.78 is 6.36. The molecule has 0 unspecified atom stereocenters. The molecule has 1 aliphatic heterocycles. The topological polar surface area (TPSA) is 63.7 Å². The van der Waals surface area contributed by atoms with Crippen LogP contribution in [-0.4, -0.2) is 17.8 Å². The largest absolute Gasteiger partial charge is 0.423 e. The first-order valence-electron chi connectivity index (χ1n) is 10.2. The van der Waals surface area contributed by atoms with Gasteiger partial charge in [0, 0.05) is 10.5 Å². The van der Waals surface area contributed by atoms with E-state index in [-0.39, 0.29) is 35.5 Å². The summed E-state index contributed by atoms with van der Waals surface area (Å²) in [6.07, 6.45) is 5.45. The Bertz CT molecular complexity index is 1090. The van der Waals surface area contributed by atoms with E-state index >= 15 is 0 Å². The molecule has 150 valence electrons. The van der Waals surface area contributed by atoms with Crippen LogP contribution < -0.4 is 9.64 Å². The third-order valence-corrected chi connectivity index (χ3v) is 7.56. The number of anilines is 1. The molecule has 30 heavy (non-hydrogen) atoms. The van der Waals surface area contributed by atoms with Crippen LogP contribution >= 0.6 is 15.9 Å². The number of hydrogen-bond donors (Lipinski definition) is 0. The Morgan fingerprint density at radius 1 is 0.933 bits per heavy atom. The van der Waals surface area contributed by atoms with E-state index in [1.54, 1.807) is 48.5 Å². The highest BCUT2D eigenvalue weighted by atomic mass is 79.9. The molecule has 2 bridgehead atoms. The summed E-state index contributed by atoms with van der Waals surface area (Å²) in [4.78, 5) is 40.2. The second-order valence-corrected chi connectivity index (χ2v) is 9.48. The Hall–Kier alpha value is -2.73. The van der Waals surface area contributed by atoms with Crippen LogP contribution in [0, 0.1) is 35.5 Å². The minimum Gasteiger partial charge on any atom is -0.423 e. The smallest absolute Gasteiger partial charge is 0.343 e. The van der Waals surface area contributed by atoms with E-state index in [2.05, 4.69) is 28.1 Å². The molecule has 0 aromatic heterocycles. The third kappa shape index (κ3) is 2.56. The van der Waals surface area contributed by atoms with Crippen LogP contribution in [0.2, 0.25) is 0 Å². The molecule has 2 aromatic carbocycles. The van der Waals surface area contributed by atoms with Crippen molar-refractivity contribution in [1.82, 2.24) is 0 Å². The number of nitrogens with zero attached hydrogens (tertiary/aromatic N) is 1. The molecule has 0 N–H and O–H groups in total. The maximum atomic E-state index is 13.3. The first kappa shape index (κ1) is 18.1. The molecule has 5 aliphatic rings. The Labute approximate surface area is 181 Å². The normalized spacial score (nSPS) is 32.8. The molecule has 6 heteroatoms. The number of benzene rings is 2. The lowest BCUT2D eigenvalue weighted by Gasteiger charge is -2.37. The number of allylic oxidation sites excluding steroid dienone is 2. The summed E-state index contributed by atoms with van der Waals surface area (Å²) in [7, 11) is 0. The lowest BCUT2D eigenvalue weighted by Crippen LogP contribution is -2.40. The van der Waals surface area contributed by atoms with Gasteiger partial charge in [-0.3, -0.25) is 9.59 Å². The lowest BCUT2D eigenvalue weighted by atomic mass is 9.63.